The number of anilines is 1. The van der Waals surface area contributed by atoms with E-state index in [0.717, 1.165) is 12.1 Å². The summed E-state index contributed by atoms with van der Waals surface area (Å²) >= 11 is 0. The van der Waals surface area contributed by atoms with Gasteiger partial charge in [0.25, 0.3) is 5.91 Å². The maximum Gasteiger partial charge on any atom is 0.573 e. The van der Waals surface area contributed by atoms with Crippen molar-refractivity contribution in [2.75, 3.05) is 26.0 Å². The van der Waals surface area contributed by atoms with Gasteiger partial charge in [-0.3, -0.25) is 9.59 Å². The van der Waals surface area contributed by atoms with E-state index in [4.69, 9.17) is 0 Å². The third-order valence-electron chi connectivity index (χ3n) is 4.29. The first kappa shape index (κ1) is 16.6. The Morgan fingerprint density at radius 1 is 1.29 bits per heavy atom. The van der Waals surface area contributed by atoms with Crippen LogP contribution >= 0.6 is 0 Å². The minimum atomic E-state index is -4.85. The van der Waals surface area contributed by atoms with Crippen molar-refractivity contribution < 1.29 is 27.5 Å². The van der Waals surface area contributed by atoms with E-state index >= 15 is 0 Å². The summed E-state index contributed by atoms with van der Waals surface area (Å²) < 4.78 is 41.0. The zero-order valence-corrected chi connectivity index (χ0v) is 13.1. The van der Waals surface area contributed by atoms with E-state index in [-0.39, 0.29) is 23.2 Å². The summed E-state index contributed by atoms with van der Waals surface area (Å²) in [5.74, 6) is -1.31. The summed E-state index contributed by atoms with van der Waals surface area (Å²) in [6, 6.07) is 2.71. The lowest BCUT2D eigenvalue weighted by atomic mass is 10.1. The van der Waals surface area contributed by atoms with Crippen molar-refractivity contribution in [3.63, 3.8) is 0 Å². The number of nitrogens with one attached hydrogen (secondary N) is 1. The molecule has 0 radical (unpaired) electrons. The van der Waals surface area contributed by atoms with Crippen molar-refractivity contribution >= 4 is 17.5 Å². The highest BCUT2D eigenvalue weighted by atomic mass is 19.4. The molecule has 130 valence electrons. The number of halogens is 3. The number of hydrogen-bond acceptors (Lipinski definition) is 4. The molecule has 0 bridgehead atoms. The second-order valence-corrected chi connectivity index (χ2v) is 6.07. The number of fused-ring (bicyclic) bond motifs is 2. The molecule has 0 aliphatic carbocycles. The van der Waals surface area contributed by atoms with Gasteiger partial charge in [-0.15, -0.1) is 13.2 Å². The first-order chi connectivity index (χ1) is 11.2. The van der Waals surface area contributed by atoms with E-state index in [9.17, 15) is 22.8 Å². The maximum atomic E-state index is 12.7. The molecule has 0 spiro atoms. The molecule has 0 saturated carbocycles. The van der Waals surface area contributed by atoms with Crippen LogP contribution in [0.3, 0.4) is 0 Å². The average molecular weight is 343 g/mol. The molecule has 2 amide bonds. The van der Waals surface area contributed by atoms with Crippen LogP contribution in [-0.4, -0.2) is 60.7 Å². The van der Waals surface area contributed by atoms with Gasteiger partial charge in [-0.05, 0) is 38.7 Å². The lowest BCUT2D eigenvalue weighted by Crippen LogP contribution is -2.40. The summed E-state index contributed by atoms with van der Waals surface area (Å²) in [7, 11) is 3.70. The van der Waals surface area contributed by atoms with Crippen LogP contribution in [-0.2, 0) is 4.79 Å². The van der Waals surface area contributed by atoms with Crippen LogP contribution in [0.4, 0.5) is 18.9 Å². The van der Waals surface area contributed by atoms with Crippen molar-refractivity contribution in [2.45, 2.75) is 24.9 Å². The lowest BCUT2D eigenvalue weighted by Gasteiger charge is -2.21. The monoisotopic (exact) mass is 343 g/mol. The number of alkyl halides is 3. The van der Waals surface area contributed by atoms with Gasteiger partial charge in [0.05, 0.1) is 11.3 Å². The van der Waals surface area contributed by atoms with Crippen molar-refractivity contribution in [3.05, 3.63) is 23.8 Å². The molecule has 2 atom stereocenters. The molecule has 1 aromatic rings. The van der Waals surface area contributed by atoms with Crippen molar-refractivity contribution in [1.29, 1.82) is 0 Å². The zero-order chi connectivity index (χ0) is 17.6. The highest BCUT2D eigenvalue weighted by molar-refractivity contribution is 6.10. The van der Waals surface area contributed by atoms with Gasteiger partial charge in [0.2, 0.25) is 5.91 Å². The minimum Gasteiger partial charge on any atom is -0.406 e. The number of likely N-dealkylation sites (N-methyl/N-ethyl adjacent to an activating group) is 1. The molecule has 2 aliphatic heterocycles. The fourth-order valence-electron chi connectivity index (χ4n) is 3.04. The molecule has 0 unspecified atom stereocenters. The number of amides is 2. The van der Waals surface area contributed by atoms with Gasteiger partial charge in [-0.25, -0.2) is 0 Å². The molecule has 24 heavy (non-hydrogen) atoms. The van der Waals surface area contributed by atoms with Crippen LogP contribution in [0.25, 0.3) is 0 Å². The van der Waals surface area contributed by atoms with E-state index in [1.54, 1.807) is 0 Å². The van der Waals surface area contributed by atoms with Gasteiger partial charge in [-0.1, -0.05) is 0 Å². The molecule has 1 N–H and O–H groups in total. The van der Waals surface area contributed by atoms with Gasteiger partial charge in [0.15, 0.2) is 0 Å². The van der Waals surface area contributed by atoms with E-state index in [0.29, 0.717) is 13.0 Å². The highest BCUT2D eigenvalue weighted by Gasteiger charge is 2.43. The van der Waals surface area contributed by atoms with Gasteiger partial charge in [0.1, 0.15) is 11.8 Å². The Kier molecular flexibility index (Phi) is 3.90. The lowest BCUT2D eigenvalue weighted by molar-refractivity contribution is -0.274. The van der Waals surface area contributed by atoms with Crippen LogP contribution in [0.5, 0.6) is 5.75 Å². The fourth-order valence-corrected chi connectivity index (χ4v) is 3.04. The average Bonchev–Trinajstić information content (AvgIpc) is 2.88. The van der Waals surface area contributed by atoms with Gasteiger partial charge in [0, 0.05) is 12.6 Å². The standard InChI is InChI=1S/C15H16F3N3O3/c1-20(2)8-5-12-13(22)19-11-4-3-9(24-15(16,17)18)6-10(11)14(23)21(12)7-8/h3-4,6,8,12H,5,7H2,1-2H3,(H,19,22)/t8-,12+/m1/s1. The molecular formula is C15H16F3N3O3. The third kappa shape index (κ3) is 3.03. The first-order valence-electron chi connectivity index (χ1n) is 7.34. The Hall–Kier alpha value is -2.29. The van der Waals surface area contributed by atoms with Crippen LogP contribution in [0.15, 0.2) is 18.2 Å². The Labute approximate surface area is 136 Å². The molecule has 9 heteroatoms. The largest absolute Gasteiger partial charge is 0.573 e. The van der Waals surface area contributed by atoms with Crippen LogP contribution in [0, 0.1) is 0 Å². The minimum absolute atomic E-state index is 0.00740. The number of ether oxygens (including phenoxy) is 1. The highest BCUT2D eigenvalue weighted by Crippen LogP contribution is 2.33. The predicted molar refractivity (Wildman–Crippen MR) is 78.7 cm³/mol. The third-order valence-corrected chi connectivity index (χ3v) is 4.29. The van der Waals surface area contributed by atoms with E-state index in [2.05, 4.69) is 10.1 Å². The molecule has 1 aromatic carbocycles. The Bertz CT molecular complexity index is 690. The summed E-state index contributed by atoms with van der Waals surface area (Å²) in [5, 5.41) is 2.62. The molecular weight excluding hydrogens is 327 g/mol. The topological polar surface area (TPSA) is 61.9 Å². The molecule has 3 rings (SSSR count). The zero-order valence-electron chi connectivity index (χ0n) is 13.1. The van der Waals surface area contributed by atoms with E-state index in [1.165, 1.54) is 11.0 Å². The van der Waals surface area contributed by atoms with Crippen LogP contribution < -0.4 is 10.1 Å². The molecule has 2 heterocycles. The normalized spacial score (nSPS) is 23.7. The van der Waals surface area contributed by atoms with Gasteiger partial charge < -0.3 is 19.9 Å². The number of benzene rings is 1. The Morgan fingerprint density at radius 2 is 2.00 bits per heavy atom. The van der Waals surface area contributed by atoms with Crippen LogP contribution in [0.1, 0.15) is 16.8 Å². The summed E-state index contributed by atoms with van der Waals surface area (Å²) in [4.78, 5) is 28.4. The second kappa shape index (κ2) is 5.66. The molecule has 0 aromatic heterocycles. The van der Waals surface area contributed by atoms with Crippen molar-refractivity contribution in [2.24, 2.45) is 0 Å². The molecule has 2 aliphatic rings. The summed E-state index contributed by atoms with van der Waals surface area (Å²) in [5.41, 5.74) is 0.183. The Balaban J connectivity index is 1.95. The van der Waals surface area contributed by atoms with Gasteiger partial charge in [-0.2, -0.15) is 0 Å². The molecule has 6 nitrogen and oxygen atoms in total. The predicted octanol–water partition coefficient (Wildman–Crippen LogP) is 1.68. The first-order valence-corrected chi connectivity index (χ1v) is 7.34. The smallest absolute Gasteiger partial charge is 0.406 e. The number of carbonyl (C=O) groups excluding carboxylic acids is 2. The van der Waals surface area contributed by atoms with E-state index in [1.807, 2.05) is 19.0 Å². The molecule has 1 fully saturated rings. The summed E-state index contributed by atoms with van der Waals surface area (Å²) in [6.45, 7) is 0.341. The summed E-state index contributed by atoms with van der Waals surface area (Å²) in [6.07, 6.45) is -4.37. The molecule has 1 saturated heterocycles. The SMILES string of the molecule is CN(C)[C@@H]1C[C@H]2C(=O)Nc3ccc(OC(F)(F)F)cc3C(=O)N2C1. The second-order valence-electron chi connectivity index (χ2n) is 6.07. The number of hydrogen-bond donors (Lipinski definition) is 1. The maximum absolute atomic E-state index is 12.7. The quantitative estimate of drug-likeness (QED) is 0.888. The van der Waals surface area contributed by atoms with Crippen LogP contribution in [0.2, 0.25) is 0 Å². The Morgan fingerprint density at radius 3 is 2.62 bits per heavy atom. The number of carbonyl (C=O) groups is 2. The van der Waals surface area contributed by atoms with E-state index < -0.39 is 24.1 Å². The number of rotatable bonds is 2. The van der Waals surface area contributed by atoms with Crippen molar-refractivity contribution in [1.82, 2.24) is 9.80 Å². The van der Waals surface area contributed by atoms with Crippen molar-refractivity contribution in [3.8, 4) is 5.75 Å². The number of nitrogens with zero attached hydrogens (tertiary/aromatic N) is 2. The van der Waals surface area contributed by atoms with Gasteiger partial charge >= 0.3 is 6.36 Å². The fraction of sp³-hybridized carbons (Fsp3) is 0.467.